The van der Waals surface area contributed by atoms with Crippen LogP contribution in [0.4, 0.5) is 0 Å². The van der Waals surface area contributed by atoms with E-state index in [0.29, 0.717) is 22.8 Å². The Morgan fingerprint density at radius 3 is 3.11 bits per heavy atom. The first-order chi connectivity index (χ1) is 9.17. The van der Waals surface area contributed by atoms with Gasteiger partial charge in [0.2, 0.25) is 0 Å². The molecule has 0 bridgehead atoms. The lowest BCUT2D eigenvalue weighted by molar-refractivity contribution is 0.0850. The van der Waals surface area contributed by atoms with Gasteiger partial charge in [-0.25, -0.2) is 0 Å². The van der Waals surface area contributed by atoms with Gasteiger partial charge in [0.25, 0.3) is 0 Å². The Kier molecular flexibility index (Phi) is 3.03. The van der Waals surface area contributed by atoms with Crippen LogP contribution in [0.1, 0.15) is 35.4 Å². The standard InChI is InChI=1S/C14H13ClN2O2/c1-2-17-8-9(7-16-17)14-6-12(18)11-5-10(15)3-4-13(11)19-14/h3-5,7-8,14H,2,6H2,1H3. The summed E-state index contributed by atoms with van der Waals surface area (Å²) in [6, 6.07) is 5.13. The third kappa shape index (κ3) is 2.24. The summed E-state index contributed by atoms with van der Waals surface area (Å²) in [5.41, 5.74) is 1.49. The monoisotopic (exact) mass is 276 g/mol. The molecule has 0 fully saturated rings. The van der Waals surface area contributed by atoms with Gasteiger partial charge >= 0.3 is 0 Å². The number of benzene rings is 1. The van der Waals surface area contributed by atoms with Crippen LogP contribution in [0.25, 0.3) is 0 Å². The highest BCUT2D eigenvalue weighted by molar-refractivity contribution is 6.31. The molecule has 4 nitrogen and oxygen atoms in total. The van der Waals surface area contributed by atoms with Crippen molar-refractivity contribution in [3.05, 3.63) is 46.7 Å². The quantitative estimate of drug-likeness (QED) is 0.846. The number of ether oxygens (including phenoxy) is 1. The zero-order chi connectivity index (χ0) is 13.4. The summed E-state index contributed by atoms with van der Waals surface area (Å²) in [5, 5.41) is 4.76. The first-order valence-electron chi connectivity index (χ1n) is 6.19. The van der Waals surface area contributed by atoms with Gasteiger partial charge in [-0.2, -0.15) is 5.10 Å². The third-order valence-corrected chi connectivity index (χ3v) is 3.47. The Labute approximate surface area is 115 Å². The molecule has 0 saturated carbocycles. The molecule has 3 rings (SSSR count). The summed E-state index contributed by atoms with van der Waals surface area (Å²) in [4.78, 5) is 12.1. The highest BCUT2D eigenvalue weighted by Crippen LogP contribution is 2.35. The van der Waals surface area contributed by atoms with Gasteiger partial charge in [0.1, 0.15) is 11.9 Å². The topological polar surface area (TPSA) is 44.1 Å². The van der Waals surface area contributed by atoms with Crippen LogP contribution in [0.15, 0.2) is 30.6 Å². The van der Waals surface area contributed by atoms with E-state index in [1.165, 1.54) is 0 Å². The van der Waals surface area contributed by atoms with Crippen molar-refractivity contribution >= 4 is 17.4 Å². The van der Waals surface area contributed by atoms with Crippen molar-refractivity contribution in [2.75, 3.05) is 0 Å². The van der Waals surface area contributed by atoms with Crippen LogP contribution < -0.4 is 4.74 Å². The molecule has 1 aromatic heterocycles. The number of carbonyl (C=O) groups excluding carboxylic acids is 1. The summed E-state index contributed by atoms with van der Waals surface area (Å²) in [6.45, 7) is 2.81. The first-order valence-corrected chi connectivity index (χ1v) is 6.57. The predicted octanol–water partition coefficient (Wildman–Crippen LogP) is 3.26. The second-order valence-corrected chi connectivity index (χ2v) is 4.94. The molecule has 0 aliphatic carbocycles. The summed E-state index contributed by atoms with van der Waals surface area (Å²) in [5.74, 6) is 0.646. The molecule has 0 saturated heterocycles. The third-order valence-electron chi connectivity index (χ3n) is 3.23. The zero-order valence-corrected chi connectivity index (χ0v) is 11.2. The molecule has 0 N–H and O–H groups in total. The number of hydrogen-bond donors (Lipinski definition) is 0. The smallest absolute Gasteiger partial charge is 0.170 e. The summed E-state index contributed by atoms with van der Waals surface area (Å²) in [6.07, 6.45) is 3.73. The van der Waals surface area contributed by atoms with Crippen molar-refractivity contribution in [1.82, 2.24) is 9.78 Å². The number of aryl methyl sites for hydroxylation is 1. The molecular weight excluding hydrogens is 264 g/mol. The molecule has 1 atom stereocenters. The van der Waals surface area contributed by atoms with Crippen molar-refractivity contribution in [2.45, 2.75) is 26.0 Å². The summed E-state index contributed by atoms with van der Waals surface area (Å²) in [7, 11) is 0. The van der Waals surface area contributed by atoms with Crippen molar-refractivity contribution in [2.24, 2.45) is 0 Å². The second kappa shape index (κ2) is 4.70. The number of carbonyl (C=O) groups is 1. The molecule has 0 spiro atoms. The fourth-order valence-corrected chi connectivity index (χ4v) is 2.37. The highest BCUT2D eigenvalue weighted by Gasteiger charge is 2.28. The highest BCUT2D eigenvalue weighted by atomic mass is 35.5. The van der Waals surface area contributed by atoms with Crippen LogP contribution in [0.3, 0.4) is 0 Å². The van der Waals surface area contributed by atoms with Crippen LogP contribution in [-0.4, -0.2) is 15.6 Å². The first kappa shape index (κ1) is 12.2. The minimum Gasteiger partial charge on any atom is -0.484 e. The van der Waals surface area contributed by atoms with Gasteiger partial charge in [0.15, 0.2) is 5.78 Å². The van der Waals surface area contributed by atoms with Crippen LogP contribution in [-0.2, 0) is 6.54 Å². The van der Waals surface area contributed by atoms with Crippen molar-refractivity contribution in [1.29, 1.82) is 0 Å². The maximum absolute atomic E-state index is 12.1. The van der Waals surface area contributed by atoms with E-state index in [9.17, 15) is 4.79 Å². The number of aromatic nitrogens is 2. The van der Waals surface area contributed by atoms with E-state index < -0.39 is 0 Å². The van der Waals surface area contributed by atoms with E-state index in [1.54, 1.807) is 24.4 Å². The Hall–Kier alpha value is -1.81. The van der Waals surface area contributed by atoms with E-state index in [0.717, 1.165) is 12.1 Å². The molecule has 1 unspecified atom stereocenters. The summed E-state index contributed by atoms with van der Waals surface area (Å²) < 4.78 is 7.69. The zero-order valence-electron chi connectivity index (χ0n) is 10.5. The number of ketones is 1. The average molecular weight is 277 g/mol. The van der Waals surface area contributed by atoms with Gasteiger partial charge < -0.3 is 4.74 Å². The molecule has 98 valence electrons. The second-order valence-electron chi connectivity index (χ2n) is 4.50. The van der Waals surface area contributed by atoms with E-state index >= 15 is 0 Å². The van der Waals surface area contributed by atoms with E-state index in [2.05, 4.69) is 5.10 Å². The molecule has 1 aliphatic heterocycles. The fraction of sp³-hybridized carbons (Fsp3) is 0.286. The van der Waals surface area contributed by atoms with Crippen LogP contribution >= 0.6 is 11.6 Å². The molecule has 0 radical (unpaired) electrons. The molecule has 5 heteroatoms. The predicted molar refractivity (Wildman–Crippen MR) is 71.7 cm³/mol. The molecule has 1 aliphatic rings. The molecule has 0 amide bonds. The lowest BCUT2D eigenvalue weighted by Gasteiger charge is -2.24. The van der Waals surface area contributed by atoms with Gasteiger partial charge in [0, 0.05) is 23.3 Å². The average Bonchev–Trinajstić information content (AvgIpc) is 2.88. The summed E-state index contributed by atoms with van der Waals surface area (Å²) >= 11 is 5.90. The molecule has 19 heavy (non-hydrogen) atoms. The van der Waals surface area contributed by atoms with Gasteiger partial charge in [-0.05, 0) is 25.1 Å². The van der Waals surface area contributed by atoms with Crippen molar-refractivity contribution < 1.29 is 9.53 Å². The van der Waals surface area contributed by atoms with Crippen molar-refractivity contribution in [3.63, 3.8) is 0 Å². The van der Waals surface area contributed by atoms with Gasteiger partial charge in [-0.1, -0.05) is 11.6 Å². The largest absolute Gasteiger partial charge is 0.484 e. The normalized spacial score (nSPS) is 18.0. The number of rotatable bonds is 2. The lowest BCUT2D eigenvalue weighted by atomic mass is 9.98. The number of halogens is 1. The SMILES string of the molecule is CCn1cc(C2CC(=O)c3cc(Cl)ccc3O2)cn1. The van der Waals surface area contributed by atoms with E-state index in [1.807, 2.05) is 17.8 Å². The maximum Gasteiger partial charge on any atom is 0.170 e. The van der Waals surface area contributed by atoms with Crippen LogP contribution in [0.5, 0.6) is 5.75 Å². The van der Waals surface area contributed by atoms with Gasteiger partial charge in [0.05, 0.1) is 18.2 Å². The fourth-order valence-electron chi connectivity index (χ4n) is 2.20. The minimum absolute atomic E-state index is 0.0537. The molecular formula is C14H13ClN2O2. The van der Waals surface area contributed by atoms with Crippen LogP contribution in [0.2, 0.25) is 5.02 Å². The Morgan fingerprint density at radius 1 is 1.53 bits per heavy atom. The molecule has 2 aromatic rings. The van der Waals surface area contributed by atoms with Crippen molar-refractivity contribution in [3.8, 4) is 5.75 Å². The van der Waals surface area contributed by atoms with E-state index in [-0.39, 0.29) is 11.9 Å². The number of Topliss-reactive ketones (excluding diaryl/α,β-unsaturated/α-hetero) is 1. The molecule has 1 aromatic carbocycles. The number of nitrogens with zero attached hydrogens (tertiary/aromatic N) is 2. The number of fused-ring (bicyclic) bond motifs is 1. The van der Waals surface area contributed by atoms with E-state index in [4.69, 9.17) is 16.3 Å². The number of hydrogen-bond acceptors (Lipinski definition) is 3. The Morgan fingerprint density at radius 2 is 2.37 bits per heavy atom. The maximum atomic E-state index is 12.1. The van der Waals surface area contributed by atoms with Gasteiger partial charge in [-0.15, -0.1) is 0 Å². The molecule has 2 heterocycles. The Balaban J connectivity index is 1.92. The van der Waals surface area contributed by atoms with Gasteiger partial charge in [-0.3, -0.25) is 9.48 Å². The Bertz CT molecular complexity index is 636. The van der Waals surface area contributed by atoms with Crippen LogP contribution in [0, 0.1) is 0 Å². The minimum atomic E-state index is -0.263. The lowest BCUT2D eigenvalue weighted by Crippen LogP contribution is -2.20.